The van der Waals surface area contributed by atoms with Gasteiger partial charge in [-0.3, -0.25) is 14.9 Å². The molecule has 0 saturated heterocycles. The third-order valence-corrected chi connectivity index (χ3v) is 2.97. The summed E-state index contributed by atoms with van der Waals surface area (Å²) in [6.45, 7) is 4.75. The monoisotopic (exact) mass is 279 g/mol. The Morgan fingerprint density at radius 3 is 2.65 bits per heavy atom. The highest BCUT2D eigenvalue weighted by molar-refractivity contribution is 5.99. The summed E-state index contributed by atoms with van der Waals surface area (Å²) in [4.78, 5) is 22.5. The van der Waals surface area contributed by atoms with Crippen molar-refractivity contribution in [1.82, 2.24) is 5.32 Å². The summed E-state index contributed by atoms with van der Waals surface area (Å²) in [5.41, 5.74) is 0.583. The summed E-state index contributed by atoms with van der Waals surface area (Å²) in [6, 6.07) is 4.42. The van der Waals surface area contributed by atoms with Crippen LogP contribution in [0.25, 0.3) is 0 Å². The van der Waals surface area contributed by atoms with E-state index in [1.54, 1.807) is 13.1 Å². The Morgan fingerprint density at radius 2 is 2.10 bits per heavy atom. The summed E-state index contributed by atoms with van der Waals surface area (Å²) in [5.74, 6) is 0.173. The second kappa shape index (κ2) is 7.47. The number of hydrogen-bond donors (Lipinski definition) is 2. The van der Waals surface area contributed by atoms with Gasteiger partial charge in [0.1, 0.15) is 5.56 Å². The van der Waals surface area contributed by atoms with Crippen molar-refractivity contribution in [3.63, 3.8) is 0 Å². The smallest absolute Gasteiger partial charge is 0.282 e. The van der Waals surface area contributed by atoms with Crippen LogP contribution in [0.1, 0.15) is 37.0 Å². The van der Waals surface area contributed by atoms with Crippen molar-refractivity contribution < 1.29 is 9.72 Å². The number of anilines is 1. The van der Waals surface area contributed by atoms with Gasteiger partial charge in [-0.1, -0.05) is 13.8 Å². The first kappa shape index (κ1) is 15.9. The van der Waals surface area contributed by atoms with Crippen molar-refractivity contribution >= 4 is 17.3 Å². The molecule has 6 heteroatoms. The molecule has 0 saturated carbocycles. The van der Waals surface area contributed by atoms with E-state index in [-0.39, 0.29) is 11.3 Å². The van der Waals surface area contributed by atoms with E-state index in [1.165, 1.54) is 12.1 Å². The summed E-state index contributed by atoms with van der Waals surface area (Å²) in [7, 11) is 1.70. The number of rotatable bonds is 7. The molecule has 0 aliphatic carbocycles. The molecule has 0 bridgehead atoms. The fraction of sp³-hybridized carbons (Fsp3) is 0.500. The molecule has 0 aromatic heterocycles. The minimum atomic E-state index is -0.539. The molecule has 1 rings (SSSR count). The van der Waals surface area contributed by atoms with Crippen LogP contribution in [-0.4, -0.2) is 24.4 Å². The topological polar surface area (TPSA) is 84.3 Å². The van der Waals surface area contributed by atoms with Crippen LogP contribution in [0.15, 0.2) is 18.2 Å². The normalized spacial score (nSPS) is 10.4. The van der Waals surface area contributed by atoms with E-state index in [9.17, 15) is 14.9 Å². The number of carbonyl (C=O) groups excluding carboxylic acids is 1. The maximum Gasteiger partial charge on any atom is 0.282 e. The third-order valence-electron chi connectivity index (χ3n) is 2.97. The quantitative estimate of drug-likeness (QED) is 0.456. The van der Waals surface area contributed by atoms with E-state index < -0.39 is 10.8 Å². The Labute approximate surface area is 118 Å². The Kier molecular flexibility index (Phi) is 5.96. The van der Waals surface area contributed by atoms with E-state index in [4.69, 9.17) is 0 Å². The molecule has 0 radical (unpaired) electrons. The molecule has 2 N–H and O–H groups in total. The number of benzene rings is 1. The van der Waals surface area contributed by atoms with Gasteiger partial charge in [0.2, 0.25) is 0 Å². The van der Waals surface area contributed by atoms with Crippen molar-refractivity contribution in [1.29, 1.82) is 0 Å². The van der Waals surface area contributed by atoms with Crippen LogP contribution >= 0.6 is 0 Å². The van der Waals surface area contributed by atoms with Gasteiger partial charge in [-0.05, 0) is 30.9 Å². The summed E-state index contributed by atoms with van der Waals surface area (Å²) >= 11 is 0. The van der Waals surface area contributed by atoms with Crippen LogP contribution in [0.5, 0.6) is 0 Å². The highest BCUT2D eigenvalue weighted by atomic mass is 16.6. The molecule has 0 atom stereocenters. The SMILES string of the molecule is CNc1ccc([N+](=O)[O-])c(C(=O)NCCCC(C)C)c1. The first-order valence-corrected chi connectivity index (χ1v) is 6.70. The fourth-order valence-corrected chi connectivity index (χ4v) is 1.84. The van der Waals surface area contributed by atoms with Gasteiger partial charge in [-0.2, -0.15) is 0 Å². The van der Waals surface area contributed by atoms with Gasteiger partial charge in [0.15, 0.2) is 0 Å². The predicted octanol–water partition coefficient (Wildman–Crippen LogP) is 2.80. The molecule has 0 unspecified atom stereocenters. The highest BCUT2D eigenvalue weighted by Crippen LogP contribution is 2.22. The number of nitrogens with one attached hydrogen (secondary N) is 2. The van der Waals surface area contributed by atoms with Gasteiger partial charge >= 0.3 is 0 Å². The van der Waals surface area contributed by atoms with E-state index in [1.807, 2.05) is 0 Å². The standard InChI is InChI=1S/C14H21N3O3/c1-10(2)5-4-8-16-14(18)12-9-11(15-3)6-7-13(12)17(19)20/h6-7,9-10,15H,4-5,8H2,1-3H3,(H,16,18). The van der Waals surface area contributed by atoms with Gasteiger partial charge in [0, 0.05) is 25.3 Å². The van der Waals surface area contributed by atoms with Crippen LogP contribution < -0.4 is 10.6 Å². The summed E-state index contributed by atoms with van der Waals surface area (Å²) in [5, 5.41) is 16.5. The number of nitrogens with zero attached hydrogens (tertiary/aromatic N) is 1. The van der Waals surface area contributed by atoms with Crippen molar-refractivity contribution in [3.05, 3.63) is 33.9 Å². The molecule has 1 aromatic carbocycles. The first-order chi connectivity index (χ1) is 9.45. The van der Waals surface area contributed by atoms with Gasteiger partial charge < -0.3 is 10.6 Å². The zero-order valence-corrected chi connectivity index (χ0v) is 12.1. The molecule has 0 spiro atoms. The lowest BCUT2D eigenvalue weighted by atomic mass is 10.1. The van der Waals surface area contributed by atoms with Crippen LogP contribution in [-0.2, 0) is 0 Å². The molecule has 110 valence electrons. The number of amides is 1. The lowest BCUT2D eigenvalue weighted by molar-refractivity contribution is -0.385. The average molecular weight is 279 g/mol. The lowest BCUT2D eigenvalue weighted by Crippen LogP contribution is -2.25. The second-order valence-corrected chi connectivity index (χ2v) is 5.03. The lowest BCUT2D eigenvalue weighted by Gasteiger charge is -2.08. The van der Waals surface area contributed by atoms with Crippen LogP contribution in [0, 0.1) is 16.0 Å². The van der Waals surface area contributed by atoms with Gasteiger partial charge in [0.05, 0.1) is 4.92 Å². The minimum Gasteiger partial charge on any atom is -0.388 e. The van der Waals surface area contributed by atoms with Crippen molar-refractivity contribution in [2.45, 2.75) is 26.7 Å². The van der Waals surface area contributed by atoms with Crippen LogP contribution in [0.3, 0.4) is 0 Å². The van der Waals surface area contributed by atoms with Gasteiger partial charge in [0.25, 0.3) is 11.6 Å². The molecule has 0 aliphatic heterocycles. The molecule has 20 heavy (non-hydrogen) atoms. The Bertz CT molecular complexity index is 487. The number of carbonyl (C=O) groups is 1. The molecule has 6 nitrogen and oxygen atoms in total. The molecule has 0 heterocycles. The Hall–Kier alpha value is -2.11. The molecule has 1 aromatic rings. The average Bonchev–Trinajstić information content (AvgIpc) is 2.42. The molecular formula is C14H21N3O3. The summed E-state index contributed by atoms with van der Waals surface area (Å²) < 4.78 is 0. The largest absolute Gasteiger partial charge is 0.388 e. The maximum absolute atomic E-state index is 12.0. The first-order valence-electron chi connectivity index (χ1n) is 6.70. The van der Waals surface area contributed by atoms with Crippen molar-refractivity contribution in [2.24, 2.45) is 5.92 Å². The van der Waals surface area contributed by atoms with E-state index in [0.29, 0.717) is 18.2 Å². The Balaban J connectivity index is 2.77. The zero-order valence-electron chi connectivity index (χ0n) is 12.1. The third kappa shape index (κ3) is 4.53. The van der Waals surface area contributed by atoms with Crippen LogP contribution in [0.2, 0.25) is 0 Å². The van der Waals surface area contributed by atoms with E-state index in [0.717, 1.165) is 12.8 Å². The maximum atomic E-state index is 12.0. The number of nitro groups is 1. The second-order valence-electron chi connectivity index (χ2n) is 5.03. The molecule has 0 fully saturated rings. The zero-order chi connectivity index (χ0) is 15.1. The molecule has 0 aliphatic rings. The fourth-order valence-electron chi connectivity index (χ4n) is 1.84. The predicted molar refractivity (Wildman–Crippen MR) is 79.0 cm³/mol. The van der Waals surface area contributed by atoms with E-state index >= 15 is 0 Å². The Morgan fingerprint density at radius 1 is 1.40 bits per heavy atom. The highest BCUT2D eigenvalue weighted by Gasteiger charge is 2.20. The van der Waals surface area contributed by atoms with Gasteiger partial charge in [-0.25, -0.2) is 0 Å². The van der Waals surface area contributed by atoms with Gasteiger partial charge in [-0.15, -0.1) is 0 Å². The van der Waals surface area contributed by atoms with Crippen molar-refractivity contribution in [3.8, 4) is 0 Å². The van der Waals surface area contributed by atoms with Crippen LogP contribution in [0.4, 0.5) is 11.4 Å². The van der Waals surface area contributed by atoms with Crippen molar-refractivity contribution in [2.75, 3.05) is 18.9 Å². The minimum absolute atomic E-state index is 0.0893. The molecular weight excluding hydrogens is 258 g/mol. The molecule has 1 amide bonds. The number of nitro benzene ring substituents is 1. The van der Waals surface area contributed by atoms with E-state index in [2.05, 4.69) is 24.5 Å². The number of hydrogen-bond acceptors (Lipinski definition) is 4. The summed E-state index contributed by atoms with van der Waals surface area (Å²) in [6.07, 6.45) is 1.88.